The van der Waals surface area contributed by atoms with Crippen molar-refractivity contribution in [1.82, 2.24) is 0 Å². The molecule has 0 aromatic carbocycles. The Labute approximate surface area is 204 Å². The van der Waals surface area contributed by atoms with Gasteiger partial charge in [0.2, 0.25) is 0 Å². The van der Waals surface area contributed by atoms with Crippen molar-refractivity contribution in [3.05, 3.63) is 23.8 Å². The van der Waals surface area contributed by atoms with Crippen LogP contribution in [0.3, 0.4) is 0 Å². The van der Waals surface area contributed by atoms with Crippen LogP contribution >= 0.6 is 0 Å². The Balaban J connectivity index is 1.51. The maximum atomic E-state index is 15.4. The summed E-state index contributed by atoms with van der Waals surface area (Å²) >= 11 is 0. The second-order valence-corrected chi connectivity index (χ2v) is 11.5. The molecule has 7 nitrogen and oxygen atoms in total. The molecule has 3 saturated carbocycles. The third kappa shape index (κ3) is 4.39. The van der Waals surface area contributed by atoms with Crippen LogP contribution in [-0.4, -0.2) is 52.6 Å². The van der Waals surface area contributed by atoms with E-state index in [1.807, 2.05) is 20.8 Å². The van der Waals surface area contributed by atoms with Crippen LogP contribution < -0.4 is 0 Å². The molecule has 0 aromatic heterocycles. The monoisotopic (exact) mass is 490 g/mol. The molecule has 9 atom stereocenters. The number of carboxylic acid groups (broad SMARTS) is 1. The zero-order chi connectivity index (χ0) is 25.7. The summed E-state index contributed by atoms with van der Waals surface area (Å²) in [5.41, 5.74) is -0.853. The lowest BCUT2D eigenvalue weighted by atomic mass is 9.46. The van der Waals surface area contributed by atoms with Gasteiger partial charge in [0.05, 0.1) is 6.10 Å². The molecule has 0 amide bonds. The van der Waals surface area contributed by atoms with Gasteiger partial charge in [0.25, 0.3) is 0 Å². The third-order valence-corrected chi connectivity index (χ3v) is 9.31. The zero-order valence-corrected chi connectivity index (χ0v) is 20.5. The van der Waals surface area contributed by atoms with E-state index in [2.05, 4.69) is 0 Å². The van der Waals surface area contributed by atoms with Gasteiger partial charge in [-0.1, -0.05) is 26.8 Å². The SMILES string of the molecule is CC1C[C@H]2[C@@H]3CC(F)C4=CC(=O)C=C[C@]4(C)[C@H]3C(O)C[C@]2(C)[C@H]1C(=O)COC(=O)CCCC(=O)O. The molecule has 3 unspecified atom stereocenters. The minimum Gasteiger partial charge on any atom is -0.481 e. The molecule has 0 spiro atoms. The number of halogens is 1. The van der Waals surface area contributed by atoms with E-state index in [0.717, 1.165) is 6.42 Å². The van der Waals surface area contributed by atoms with Gasteiger partial charge < -0.3 is 14.9 Å². The van der Waals surface area contributed by atoms with Crippen molar-refractivity contribution in [3.63, 3.8) is 0 Å². The molecule has 0 bridgehead atoms. The lowest BCUT2D eigenvalue weighted by Gasteiger charge is -2.59. The maximum Gasteiger partial charge on any atom is 0.306 e. The number of alkyl halides is 1. The van der Waals surface area contributed by atoms with Gasteiger partial charge in [-0.25, -0.2) is 4.39 Å². The Bertz CT molecular complexity index is 986. The van der Waals surface area contributed by atoms with E-state index in [1.54, 1.807) is 6.08 Å². The molecule has 4 aliphatic carbocycles. The Hall–Kier alpha value is -2.35. The molecule has 0 aliphatic heterocycles. The highest BCUT2D eigenvalue weighted by Crippen LogP contribution is 2.67. The predicted octanol–water partition coefficient (Wildman–Crippen LogP) is 3.44. The van der Waals surface area contributed by atoms with Crippen molar-refractivity contribution in [2.24, 2.45) is 40.4 Å². The van der Waals surface area contributed by atoms with Crippen LogP contribution in [0.15, 0.2) is 23.8 Å². The van der Waals surface area contributed by atoms with E-state index in [0.29, 0.717) is 12.0 Å². The first-order valence-electron chi connectivity index (χ1n) is 12.6. The molecule has 0 heterocycles. The summed E-state index contributed by atoms with van der Waals surface area (Å²) in [5.74, 6) is -2.83. The zero-order valence-electron chi connectivity index (χ0n) is 20.5. The first kappa shape index (κ1) is 25.7. The number of esters is 1. The molecule has 0 saturated heterocycles. The lowest BCUT2D eigenvalue weighted by Crippen LogP contribution is -2.58. The molecular weight excluding hydrogens is 455 g/mol. The predicted molar refractivity (Wildman–Crippen MR) is 124 cm³/mol. The Morgan fingerprint density at radius 1 is 1.20 bits per heavy atom. The van der Waals surface area contributed by atoms with Gasteiger partial charge in [0.1, 0.15) is 12.8 Å². The number of hydrogen-bond acceptors (Lipinski definition) is 6. The fourth-order valence-corrected chi connectivity index (χ4v) is 8.09. The summed E-state index contributed by atoms with van der Waals surface area (Å²) < 4.78 is 20.6. The van der Waals surface area contributed by atoms with Gasteiger partial charge in [-0.3, -0.25) is 19.2 Å². The van der Waals surface area contributed by atoms with E-state index >= 15 is 4.39 Å². The molecule has 35 heavy (non-hydrogen) atoms. The second kappa shape index (κ2) is 9.26. The van der Waals surface area contributed by atoms with Crippen LogP contribution in [0.4, 0.5) is 4.39 Å². The van der Waals surface area contributed by atoms with E-state index in [1.165, 1.54) is 12.2 Å². The van der Waals surface area contributed by atoms with Crippen molar-refractivity contribution in [3.8, 4) is 0 Å². The molecule has 0 radical (unpaired) electrons. The highest BCUT2D eigenvalue weighted by atomic mass is 19.1. The summed E-state index contributed by atoms with van der Waals surface area (Å²) in [6.07, 6.45) is 3.83. The van der Waals surface area contributed by atoms with Crippen LogP contribution in [-0.2, 0) is 23.9 Å². The second-order valence-electron chi connectivity index (χ2n) is 11.5. The van der Waals surface area contributed by atoms with Gasteiger partial charge in [0.15, 0.2) is 11.6 Å². The number of ether oxygens (including phenoxy) is 1. The summed E-state index contributed by atoms with van der Waals surface area (Å²) in [7, 11) is 0. The minimum atomic E-state index is -1.28. The quantitative estimate of drug-likeness (QED) is 0.525. The Morgan fingerprint density at radius 3 is 2.60 bits per heavy atom. The number of carbonyl (C=O) groups is 4. The summed E-state index contributed by atoms with van der Waals surface area (Å²) in [5, 5.41) is 20.1. The Kier molecular flexibility index (Phi) is 6.81. The van der Waals surface area contributed by atoms with Crippen LogP contribution in [0.2, 0.25) is 0 Å². The minimum absolute atomic E-state index is 0.0135. The topological polar surface area (TPSA) is 118 Å². The number of ketones is 2. The number of allylic oxidation sites excluding steroid dienone is 4. The molecule has 192 valence electrons. The molecule has 3 fully saturated rings. The number of Topliss-reactive ketones (excluding diaryl/α,β-unsaturated/α-hetero) is 1. The van der Waals surface area contributed by atoms with E-state index in [-0.39, 0.29) is 67.5 Å². The Morgan fingerprint density at radius 2 is 1.91 bits per heavy atom. The maximum absolute atomic E-state index is 15.4. The summed E-state index contributed by atoms with van der Waals surface area (Å²) in [6, 6.07) is 0. The highest BCUT2D eigenvalue weighted by molar-refractivity contribution is 6.01. The summed E-state index contributed by atoms with van der Waals surface area (Å²) in [4.78, 5) is 47.8. The molecular formula is C27H35FO7. The number of aliphatic hydroxyl groups is 1. The number of carbonyl (C=O) groups excluding carboxylic acids is 3. The largest absolute Gasteiger partial charge is 0.481 e. The van der Waals surface area contributed by atoms with Crippen LogP contribution in [0.25, 0.3) is 0 Å². The number of aliphatic hydroxyl groups excluding tert-OH is 1. The van der Waals surface area contributed by atoms with Gasteiger partial charge >= 0.3 is 11.9 Å². The van der Waals surface area contributed by atoms with Gasteiger partial charge in [-0.15, -0.1) is 0 Å². The molecule has 4 rings (SSSR count). The molecule has 8 heteroatoms. The highest BCUT2D eigenvalue weighted by Gasteiger charge is 2.65. The van der Waals surface area contributed by atoms with Crippen LogP contribution in [0.5, 0.6) is 0 Å². The van der Waals surface area contributed by atoms with E-state index < -0.39 is 41.0 Å². The number of hydrogen-bond donors (Lipinski definition) is 2. The van der Waals surface area contributed by atoms with Crippen molar-refractivity contribution in [2.75, 3.05) is 6.61 Å². The number of carboxylic acids is 1. The third-order valence-electron chi connectivity index (χ3n) is 9.31. The van der Waals surface area contributed by atoms with Crippen molar-refractivity contribution >= 4 is 23.5 Å². The first-order chi connectivity index (χ1) is 16.4. The molecule has 4 aliphatic rings. The van der Waals surface area contributed by atoms with Crippen molar-refractivity contribution in [2.45, 2.75) is 71.6 Å². The average Bonchev–Trinajstić information content (AvgIpc) is 3.02. The van der Waals surface area contributed by atoms with Gasteiger partial charge in [-0.2, -0.15) is 0 Å². The molecule has 2 N–H and O–H groups in total. The summed E-state index contributed by atoms with van der Waals surface area (Å²) in [6.45, 7) is 5.51. The number of aliphatic carboxylic acids is 1. The standard InChI is InChI=1S/C27H35FO7/c1-14-9-17-16-11-19(28)18-10-15(29)7-8-26(18,2)25(16)20(30)12-27(17,3)24(14)21(31)13-35-23(34)6-4-5-22(32)33/h7-8,10,14,16-17,19-20,24-25,30H,4-6,9,11-13H2,1-3H3,(H,32,33)/t14?,16-,17-,19?,20?,24+,25+,26-,27-/m0/s1. The fraction of sp³-hybridized carbons (Fsp3) is 0.704. The first-order valence-corrected chi connectivity index (χ1v) is 12.6. The average molecular weight is 491 g/mol. The van der Waals surface area contributed by atoms with E-state index in [4.69, 9.17) is 9.84 Å². The molecule has 0 aromatic rings. The van der Waals surface area contributed by atoms with Crippen molar-refractivity contribution in [1.29, 1.82) is 0 Å². The van der Waals surface area contributed by atoms with Gasteiger partial charge in [-0.05, 0) is 66.6 Å². The van der Waals surface area contributed by atoms with Crippen LogP contribution in [0.1, 0.15) is 59.3 Å². The van der Waals surface area contributed by atoms with Crippen LogP contribution in [0, 0.1) is 40.4 Å². The smallest absolute Gasteiger partial charge is 0.306 e. The number of rotatable bonds is 7. The normalized spacial score (nSPS) is 41.9. The lowest BCUT2D eigenvalue weighted by molar-refractivity contribution is -0.155. The van der Waals surface area contributed by atoms with E-state index in [9.17, 15) is 24.3 Å². The van der Waals surface area contributed by atoms with Gasteiger partial charge in [0, 0.05) is 30.1 Å². The number of fused-ring (bicyclic) bond motifs is 5. The van der Waals surface area contributed by atoms with Crippen molar-refractivity contribution < 1.29 is 38.5 Å². The fourth-order valence-electron chi connectivity index (χ4n) is 8.09.